The van der Waals surface area contributed by atoms with E-state index in [4.69, 9.17) is 4.52 Å². The van der Waals surface area contributed by atoms with Crippen molar-refractivity contribution in [3.05, 3.63) is 35.2 Å². The average molecular weight is 369 g/mol. The van der Waals surface area contributed by atoms with Crippen molar-refractivity contribution in [2.75, 3.05) is 13.1 Å². The van der Waals surface area contributed by atoms with Gasteiger partial charge in [0.1, 0.15) is 5.76 Å². The van der Waals surface area contributed by atoms with Crippen LogP contribution in [0.25, 0.3) is 0 Å². The minimum Gasteiger partial charge on any atom is -0.361 e. The van der Waals surface area contributed by atoms with E-state index in [9.17, 15) is 4.79 Å². The fourth-order valence-corrected chi connectivity index (χ4v) is 4.73. The Morgan fingerprint density at radius 3 is 2.67 bits per heavy atom. The van der Waals surface area contributed by atoms with E-state index < -0.39 is 0 Å². The summed E-state index contributed by atoms with van der Waals surface area (Å²) in [4.78, 5) is 22.0. The Morgan fingerprint density at radius 2 is 1.93 bits per heavy atom. The molecular formula is C20H27N5O2. The van der Waals surface area contributed by atoms with Crippen molar-refractivity contribution in [1.82, 2.24) is 24.5 Å². The summed E-state index contributed by atoms with van der Waals surface area (Å²) in [5, 5.41) is 4.06. The zero-order valence-corrected chi connectivity index (χ0v) is 16.1. The first-order chi connectivity index (χ1) is 13.1. The molecule has 0 spiro atoms. The van der Waals surface area contributed by atoms with E-state index in [1.54, 1.807) is 0 Å². The maximum atomic E-state index is 13.1. The zero-order chi connectivity index (χ0) is 18.5. The van der Waals surface area contributed by atoms with Crippen LogP contribution in [0.15, 0.2) is 17.0 Å². The van der Waals surface area contributed by atoms with Crippen molar-refractivity contribution in [2.45, 2.75) is 64.7 Å². The van der Waals surface area contributed by atoms with Gasteiger partial charge in [0.25, 0.3) is 0 Å². The van der Waals surface area contributed by atoms with Crippen LogP contribution in [0.3, 0.4) is 0 Å². The van der Waals surface area contributed by atoms with Crippen LogP contribution in [0.2, 0.25) is 0 Å². The third-order valence-electron chi connectivity index (χ3n) is 6.45. The molecule has 2 bridgehead atoms. The minimum atomic E-state index is 0.0986. The van der Waals surface area contributed by atoms with Crippen LogP contribution >= 0.6 is 0 Å². The highest BCUT2D eigenvalue weighted by molar-refractivity contribution is 5.80. The van der Waals surface area contributed by atoms with Crippen LogP contribution in [-0.2, 0) is 17.9 Å². The van der Waals surface area contributed by atoms with Gasteiger partial charge in [-0.25, -0.2) is 4.98 Å². The number of hydrogen-bond acceptors (Lipinski definition) is 5. The van der Waals surface area contributed by atoms with Crippen molar-refractivity contribution in [2.24, 2.45) is 5.92 Å². The van der Waals surface area contributed by atoms with Gasteiger partial charge in [-0.15, -0.1) is 0 Å². The van der Waals surface area contributed by atoms with Gasteiger partial charge >= 0.3 is 0 Å². The van der Waals surface area contributed by atoms with Crippen molar-refractivity contribution in [1.29, 1.82) is 0 Å². The van der Waals surface area contributed by atoms with E-state index in [0.29, 0.717) is 18.5 Å². The first kappa shape index (κ1) is 17.0. The Labute approximate surface area is 159 Å². The Bertz CT molecular complexity index is 833. The molecule has 6 rings (SSSR count). The predicted octanol–water partition coefficient (Wildman–Crippen LogP) is 2.45. The van der Waals surface area contributed by atoms with Crippen LogP contribution < -0.4 is 0 Å². The van der Waals surface area contributed by atoms with Gasteiger partial charge in [-0.1, -0.05) is 5.16 Å². The number of nitrogens with zero attached hydrogens (tertiary/aromatic N) is 5. The molecule has 0 unspecified atom stereocenters. The average Bonchev–Trinajstić information content (AvgIpc) is 3.38. The highest BCUT2D eigenvalue weighted by Gasteiger charge is 2.41. The molecule has 1 saturated carbocycles. The lowest BCUT2D eigenvalue weighted by Gasteiger charge is -2.36. The highest BCUT2D eigenvalue weighted by atomic mass is 16.5. The number of aromatic nitrogens is 3. The lowest BCUT2D eigenvalue weighted by molar-refractivity contribution is -0.140. The van der Waals surface area contributed by atoms with E-state index in [0.717, 1.165) is 49.5 Å². The van der Waals surface area contributed by atoms with Crippen LogP contribution in [-0.4, -0.2) is 49.5 Å². The van der Waals surface area contributed by atoms with Gasteiger partial charge in [0.15, 0.2) is 0 Å². The largest absolute Gasteiger partial charge is 0.361 e. The summed E-state index contributed by atoms with van der Waals surface area (Å²) in [6.45, 7) is 7.18. The van der Waals surface area contributed by atoms with E-state index in [-0.39, 0.29) is 12.0 Å². The molecule has 4 fully saturated rings. The molecule has 2 aromatic heterocycles. The standard InChI is InChI=1S/C20H27N5O2/c1-13-19(14(2)27-22-13)11-24-17-4-3-15(20(24)26)8-23(9-17)10-18-7-21-12-25(18)16-5-6-16/h7,12,15-17H,3-6,8-11H2,1-2H3/t15-,17+/m0/s1. The predicted molar refractivity (Wildman–Crippen MR) is 98.8 cm³/mol. The topological polar surface area (TPSA) is 67.4 Å². The lowest BCUT2D eigenvalue weighted by atomic mass is 9.93. The number of aryl methyl sites for hydroxylation is 2. The molecule has 144 valence electrons. The van der Waals surface area contributed by atoms with Gasteiger partial charge in [0, 0.05) is 43.5 Å². The maximum Gasteiger partial charge on any atom is 0.227 e. The molecule has 1 aliphatic carbocycles. The Balaban J connectivity index is 1.34. The summed E-state index contributed by atoms with van der Waals surface area (Å²) in [7, 11) is 0. The summed E-state index contributed by atoms with van der Waals surface area (Å²) < 4.78 is 7.64. The monoisotopic (exact) mass is 369 g/mol. The quantitative estimate of drug-likeness (QED) is 0.810. The molecule has 0 radical (unpaired) electrons. The second-order valence-electron chi connectivity index (χ2n) is 8.41. The molecule has 3 saturated heterocycles. The number of piperidine rings is 1. The van der Waals surface area contributed by atoms with E-state index >= 15 is 0 Å². The number of carbonyl (C=O) groups is 1. The van der Waals surface area contributed by atoms with Crippen LogP contribution in [0.4, 0.5) is 0 Å². The fraction of sp³-hybridized carbons (Fsp3) is 0.650. The van der Waals surface area contributed by atoms with Gasteiger partial charge in [-0.2, -0.15) is 0 Å². The molecule has 0 N–H and O–H groups in total. The molecule has 7 nitrogen and oxygen atoms in total. The number of amides is 1. The number of rotatable bonds is 5. The van der Waals surface area contributed by atoms with Gasteiger partial charge < -0.3 is 14.0 Å². The molecule has 0 aromatic carbocycles. The summed E-state index contributed by atoms with van der Waals surface area (Å²) in [5.41, 5.74) is 3.24. The fourth-order valence-electron chi connectivity index (χ4n) is 4.73. The van der Waals surface area contributed by atoms with Crippen LogP contribution in [0.5, 0.6) is 0 Å². The molecule has 5 heterocycles. The normalized spacial score (nSPS) is 26.0. The summed E-state index contributed by atoms with van der Waals surface area (Å²) >= 11 is 0. The van der Waals surface area contributed by atoms with Gasteiger partial charge in [0.05, 0.1) is 30.2 Å². The number of fused-ring (bicyclic) bond motifs is 4. The molecule has 7 heteroatoms. The second kappa shape index (κ2) is 6.48. The summed E-state index contributed by atoms with van der Waals surface area (Å²) in [6.07, 6.45) is 8.57. The Morgan fingerprint density at radius 1 is 1.11 bits per heavy atom. The van der Waals surface area contributed by atoms with Crippen LogP contribution in [0, 0.1) is 19.8 Å². The molecule has 3 aliphatic heterocycles. The smallest absolute Gasteiger partial charge is 0.227 e. The summed E-state index contributed by atoms with van der Waals surface area (Å²) in [6, 6.07) is 0.908. The number of hydrogen-bond donors (Lipinski definition) is 0. The third kappa shape index (κ3) is 3.08. The molecule has 4 aliphatic rings. The first-order valence-corrected chi connectivity index (χ1v) is 10.1. The van der Waals surface area contributed by atoms with Crippen molar-refractivity contribution < 1.29 is 9.32 Å². The van der Waals surface area contributed by atoms with Crippen molar-refractivity contribution >= 4 is 5.91 Å². The van der Waals surface area contributed by atoms with Gasteiger partial charge in [-0.05, 0) is 39.5 Å². The van der Waals surface area contributed by atoms with Crippen LogP contribution in [0.1, 0.15) is 54.4 Å². The highest BCUT2D eigenvalue weighted by Crippen LogP contribution is 2.36. The Kier molecular flexibility index (Phi) is 4.07. The molecule has 2 atom stereocenters. The lowest BCUT2D eigenvalue weighted by Crippen LogP contribution is -2.47. The second-order valence-corrected chi connectivity index (χ2v) is 8.41. The van der Waals surface area contributed by atoms with Crippen molar-refractivity contribution in [3.8, 4) is 0 Å². The van der Waals surface area contributed by atoms with E-state index in [1.807, 2.05) is 26.4 Å². The number of imidazole rings is 1. The SMILES string of the molecule is Cc1noc(C)c1CN1C(=O)[C@H]2CC[C@@H]1CN(Cc1cncn1C1CC1)C2. The zero-order valence-electron chi connectivity index (χ0n) is 16.1. The van der Waals surface area contributed by atoms with Crippen molar-refractivity contribution in [3.63, 3.8) is 0 Å². The molecule has 1 amide bonds. The van der Waals surface area contributed by atoms with E-state index in [1.165, 1.54) is 18.5 Å². The van der Waals surface area contributed by atoms with Gasteiger partial charge in [-0.3, -0.25) is 9.69 Å². The molecular weight excluding hydrogens is 342 g/mol. The Hall–Kier alpha value is -2.15. The minimum absolute atomic E-state index is 0.0986. The van der Waals surface area contributed by atoms with Gasteiger partial charge in [0.2, 0.25) is 5.91 Å². The third-order valence-corrected chi connectivity index (χ3v) is 6.45. The molecule has 2 aromatic rings. The first-order valence-electron chi connectivity index (χ1n) is 10.1. The molecule has 27 heavy (non-hydrogen) atoms. The number of carbonyl (C=O) groups excluding carboxylic acids is 1. The maximum absolute atomic E-state index is 13.1. The van der Waals surface area contributed by atoms with E-state index in [2.05, 4.69) is 24.5 Å². The summed E-state index contributed by atoms with van der Waals surface area (Å²) in [5.74, 6) is 1.22.